The van der Waals surface area contributed by atoms with Gasteiger partial charge in [0, 0.05) is 18.6 Å². The molecule has 1 aliphatic heterocycles. The number of hydrogen-bond donors (Lipinski definition) is 1. The molecule has 1 heterocycles. The minimum Gasteiger partial charge on any atom is -0.490 e. The maximum absolute atomic E-state index is 11.5. The van der Waals surface area contributed by atoms with Crippen molar-refractivity contribution >= 4 is 33.2 Å². The largest absolute Gasteiger partial charge is 0.490 e. The Morgan fingerprint density at radius 2 is 1.81 bits per heavy atom. The van der Waals surface area contributed by atoms with Gasteiger partial charge in [-0.05, 0) is 25.0 Å². The first kappa shape index (κ1) is 16.8. The number of primary sulfonamides is 1. The highest BCUT2D eigenvalue weighted by Crippen LogP contribution is 2.37. The molecule has 118 valence electrons. The van der Waals surface area contributed by atoms with Crippen LogP contribution in [0.2, 0.25) is 10.0 Å². The van der Waals surface area contributed by atoms with Gasteiger partial charge in [0.15, 0.2) is 5.75 Å². The van der Waals surface area contributed by atoms with Gasteiger partial charge in [0.2, 0.25) is 10.0 Å². The van der Waals surface area contributed by atoms with Gasteiger partial charge in [-0.3, -0.25) is 0 Å². The molecule has 0 aliphatic carbocycles. The number of benzene rings is 1. The van der Waals surface area contributed by atoms with E-state index in [0.717, 1.165) is 0 Å². The molecule has 1 aromatic carbocycles. The van der Waals surface area contributed by atoms with Gasteiger partial charge in [-0.1, -0.05) is 29.3 Å². The molecule has 5 nitrogen and oxygen atoms in total. The van der Waals surface area contributed by atoms with Crippen molar-refractivity contribution in [3.05, 3.63) is 28.2 Å². The zero-order chi connectivity index (χ0) is 15.5. The molecule has 0 bridgehead atoms. The lowest BCUT2D eigenvalue weighted by Gasteiger charge is -2.36. The third kappa shape index (κ3) is 4.72. The second kappa shape index (κ2) is 6.71. The second-order valence-corrected chi connectivity index (χ2v) is 7.69. The molecule has 21 heavy (non-hydrogen) atoms. The van der Waals surface area contributed by atoms with Crippen LogP contribution in [0.3, 0.4) is 0 Å². The van der Waals surface area contributed by atoms with Crippen LogP contribution in [0, 0.1) is 5.41 Å². The molecular weight excluding hydrogens is 337 g/mol. The molecule has 2 N–H and O–H groups in total. The molecule has 0 unspecified atom stereocenters. The van der Waals surface area contributed by atoms with Crippen LogP contribution in [0.5, 0.6) is 5.75 Å². The van der Waals surface area contributed by atoms with Crippen molar-refractivity contribution in [3.63, 3.8) is 0 Å². The summed E-state index contributed by atoms with van der Waals surface area (Å²) >= 11 is 12.1. The zero-order valence-electron chi connectivity index (χ0n) is 11.3. The lowest BCUT2D eigenvalue weighted by Crippen LogP contribution is -2.42. The molecule has 1 saturated heterocycles. The summed E-state index contributed by atoms with van der Waals surface area (Å²) in [6, 6.07) is 5.05. The summed E-state index contributed by atoms with van der Waals surface area (Å²) in [5, 5.41) is 5.98. The Morgan fingerprint density at radius 3 is 2.33 bits per heavy atom. The smallest absolute Gasteiger partial charge is 0.209 e. The van der Waals surface area contributed by atoms with E-state index in [1.54, 1.807) is 18.2 Å². The van der Waals surface area contributed by atoms with E-state index in [4.69, 9.17) is 37.8 Å². The van der Waals surface area contributed by atoms with E-state index >= 15 is 0 Å². The summed E-state index contributed by atoms with van der Waals surface area (Å²) < 4.78 is 34.0. The highest BCUT2D eigenvalue weighted by atomic mass is 35.5. The number of hydrogen-bond acceptors (Lipinski definition) is 4. The predicted molar refractivity (Wildman–Crippen MR) is 82.4 cm³/mol. The van der Waals surface area contributed by atoms with Gasteiger partial charge in [-0.15, -0.1) is 0 Å². The third-order valence-corrected chi connectivity index (χ3v) is 5.11. The summed E-state index contributed by atoms with van der Waals surface area (Å²) in [7, 11) is -3.61. The number of para-hydroxylation sites is 1. The normalized spacial score (nSPS) is 18.4. The topological polar surface area (TPSA) is 78.6 Å². The molecule has 0 aromatic heterocycles. The van der Waals surface area contributed by atoms with Crippen molar-refractivity contribution in [1.29, 1.82) is 0 Å². The number of halogens is 2. The second-order valence-electron chi connectivity index (χ2n) is 5.26. The Morgan fingerprint density at radius 1 is 1.24 bits per heavy atom. The Kier molecular flexibility index (Phi) is 5.38. The number of ether oxygens (including phenoxy) is 2. The van der Waals surface area contributed by atoms with Crippen LogP contribution in [0.25, 0.3) is 0 Å². The van der Waals surface area contributed by atoms with E-state index in [9.17, 15) is 8.42 Å². The highest BCUT2D eigenvalue weighted by Gasteiger charge is 2.37. The van der Waals surface area contributed by atoms with Crippen molar-refractivity contribution in [3.8, 4) is 5.75 Å². The molecule has 1 aromatic rings. The number of rotatable bonds is 5. The SMILES string of the molecule is NS(=O)(=O)CC1(COc2c(Cl)cccc2Cl)CCOCC1. The molecule has 0 radical (unpaired) electrons. The zero-order valence-corrected chi connectivity index (χ0v) is 13.7. The van der Waals surface area contributed by atoms with Gasteiger partial charge in [0.05, 0.1) is 22.4 Å². The van der Waals surface area contributed by atoms with Gasteiger partial charge in [0.25, 0.3) is 0 Å². The Labute approximate surface area is 134 Å². The summed E-state index contributed by atoms with van der Waals surface area (Å²) in [6.45, 7) is 1.14. The summed E-state index contributed by atoms with van der Waals surface area (Å²) in [5.74, 6) is 0.215. The van der Waals surface area contributed by atoms with Crippen LogP contribution in [0.1, 0.15) is 12.8 Å². The Hall–Kier alpha value is -0.530. The van der Waals surface area contributed by atoms with Gasteiger partial charge in [-0.25, -0.2) is 13.6 Å². The van der Waals surface area contributed by atoms with E-state index in [-0.39, 0.29) is 12.4 Å². The van der Waals surface area contributed by atoms with E-state index < -0.39 is 15.4 Å². The van der Waals surface area contributed by atoms with Crippen molar-refractivity contribution in [2.45, 2.75) is 12.8 Å². The standard InChI is InChI=1S/C13H17Cl2NO4S/c14-10-2-1-3-11(15)12(10)20-8-13(9-21(16,17)18)4-6-19-7-5-13/h1-3H,4-9H2,(H2,16,17,18). The number of sulfonamides is 1. The molecule has 0 amide bonds. The maximum atomic E-state index is 11.5. The lowest BCUT2D eigenvalue weighted by atomic mass is 9.83. The summed E-state index contributed by atoms with van der Waals surface area (Å²) in [4.78, 5) is 0. The summed E-state index contributed by atoms with van der Waals surface area (Å²) in [6.07, 6.45) is 1.12. The first-order chi connectivity index (χ1) is 9.81. The molecule has 0 spiro atoms. The van der Waals surface area contributed by atoms with Crippen LogP contribution in [0.4, 0.5) is 0 Å². The van der Waals surface area contributed by atoms with Crippen molar-refractivity contribution in [2.75, 3.05) is 25.6 Å². The van der Waals surface area contributed by atoms with Crippen molar-refractivity contribution < 1.29 is 17.9 Å². The Balaban J connectivity index is 2.16. The van der Waals surface area contributed by atoms with Gasteiger partial charge in [0.1, 0.15) is 0 Å². The first-order valence-corrected chi connectivity index (χ1v) is 8.94. The van der Waals surface area contributed by atoms with Crippen LogP contribution < -0.4 is 9.88 Å². The van der Waals surface area contributed by atoms with E-state index in [1.807, 2.05) is 0 Å². The monoisotopic (exact) mass is 353 g/mol. The molecule has 0 atom stereocenters. The third-order valence-electron chi connectivity index (χ3n) is 3.50. The van der Waals surface area contributed by atoms with E-state index in [1.165, 1.54) is 0 Å². The predicted octanol–water partition coefficient (Wildman–Crippen LogP) is 2.46. The van der Waals surface area contributed by atoms with Gasteiger partial charge in [-0.2, -0.15) is 0 Å². The minimum atomic E-state index is -3.61. The lowest BCUT2D eigenvalue weighted by molar-refractivity contribution is 0.00214. The molecule has 1 aliphatic rings. The Bertz CT molecular complexity index is 580. The van der Waals surface area contributed by atoms with Gasteiger partial charge >= 0.3 is 0 Å². The maximum Gasteiger partial charge on any atom is 0.209 e. The van der Waals surface area contributed by atoms with Crippen LogP contribution >= 0.6 is 23.2 Å². The average molecular weight is 354 g/mol. The number of nitrogens with two attached hydrogens (primary N) is 1. The van der Waals surface area contributed by atoms with Crippen LogP contribution in [-0.2, 0) is 14.8 Å². The van der Waals surface area contributed by atoms with E-state index in [0.29, 0.717) is 41.9 Å². The fourth-order valence-electron chi connectivity index (χ4n) is 2.41. The van der Waals surface area contributed by atoms with Crippen LogP contribution in [-0.4, -0.2) is 34.0 Å². The molecule has 0 saturated carbocycles. The van der Waals surface area contributed by atoms with Crippen molar-refractivity contribution in [1.82, 2.24) is 0 Å². The molecular formula is C13H17Cl2NO4S. The fraction of sp³-hybridized carbons (Fsp3) is 0.538. The molecule has 1 fully saturated rings. The quantitative estimate of drug-likeness (QED) is 0.881. The molecule has 2 rings (SSSR count). The van der Waals surface area contributed by atoms with E-state index in [2.05, 4.69) is 0 Å². The van der Waals surface area contributed by atoms with Gasteiger partial charge < -0.3 is 9.47 Å². The van der Waals surface area contributed by atoms with Crippen LogP contribution in [0.15, 0.2) is 18.2 Å². The highest BCUT2D eigenvalue weighted by molar-refractivity contribution is 7.89. The average Bonchev–Trinajstić information content (AvgIpc) is 2.37. The summed E-state index contributed by atoms with van der Waals surface area (Å²) in [5.41, 5.74) is -0.575. The van der Waals surface area contributed by atoms with Crippen molar-refractivity contribution in [2.24, 2.45) is 10.6 Å². The molecule has 8 heteroatoms. The fourth-order valence-corrected chi connectivity index (χ4v) is 4.14. The first-order valence-electron chi connectivity index (χ1n) is 6.46. The minimum absolute atomic E-state index is 0.147.